The molecule has 2 heterocycles. The Labute approximate surface area is 147 Å². The normalized spacial score (nSPS) is 15.2. The highest BCUT2D eigenvalue weighted by Gasteiger charge is 2.22. The average molecular weight is 344 g/mol. The van der Waals surface area contributed by atoms with E-state index >= 15 is 0 Å². The maximum atomic E-state index is 12.3. The quantitative estimate of drug-likeness (QED) is 0.789. The number of carbonyl (C=O) groups excluding carboxylic acids is 1. The van der Waals surface area contributed by atoms with E-state index < -0.39 is 0 Å². The van der Waals surface area contributed by atoms with Crippen LogP contribution in [0.25, 0.3) is 0 Å². The highest BCUT2D eigenvalue weighted by atomic mass is 16.5. The van der Waals surface area contributed by atoms with Gasteiger partial charge in [-0.15, -0.1) is 0 Å². The molecule has 0 radical (unpaired) electrons. The van der Waals surface area contributed by atoms with Crippen LogP contribution in [-0.4, -0.2) is 65.9 Å². The molecule has 1 aromatic carbocycles. The van der Waals surface area contributed by atoms with E-state index in [0.29, 0.717) is 6.54 Å². The van der Waals surface area contributed by atoms with Crippen molar-refractivity contribution in [2.45, 2.75) is 13.1 Å². The van der Waals surface area contributed by atoms with Crippen LogP contribution in [0.15, 0.2) is 36.7 Å². The highest BCUT2D eigenvalue weighted by molar-refractivity contribution is 5.76. The topological polar surface area (TPSA) is 59.8 Å². The van der Waals surface area contributed by atoms with E-state index in [1.165, 1.54) is 0 Å². The molecule has 3 rings (SSSR count). The van der Waals surface area contributed by atoms with Gasteiger partial charge in [-0.3, -0.25) is 14.4 Å². The van der Waals surface area contributed by atoms with Crippen molar-refractivity contribution in [1.82, 2.24) is 19.6 Å². The van der Waals surface area contributed by atoms with Crippen LogP contribution in [-0.2, 0) is 17.9 Å². The number of hydrogen-bond acceptors (Lipinski definition) is 5. The van der Waals surface area contributed by atoms with Gasteiger partial charge in [0.25, 0.3) is 0 Å². The first-order valence-electron chi connectivity index (χ1n) is 8.38. The van der Waals surface area contributed by atoms with Crippen LogP contribution in [0.4, 0.5) is 0 Å². The summed E-state index contributed by atoms with van der Waals surface area (Å²) in [6.45, 7) is 4.22. The minimum absolute atomic E-state index is 0.113. The second-order valence-electron chi connectivity index (χ2n) is 6.04. The molecule has 1 amide bonds. The number of piperazine rings is 1. The lowest BCUT2D eigenvalue weighted by Crippen LogP contribution is -2.49. The molecule has 2 aromatic rings. The van der Waals surface area contributed by atoms with Gasteiger partial charge in [0.2, 0.25) is 5.91 Å². The van der Waals surface area contributed by atoms with Crippen molar-refractivity contribution in [3.05, 3.63) is 42.2 Å². The molecule has 134 valence electrons. The van der Waals surface area contributed by atoms with Gasteiger partial charge in [-0.2, -0.15) is 5.10 Å². The fraction of sp³-hybridized carbons (Fsp3) is 0.444. The Morgan fingerprint density at radius 3 is 2.60 bits per heavy atom. The van der Waals surface area contributed by atoms with E-state index in [1.807, 2.05) is 35.4 Å². The fourth-order valence-electron chi connectivity index (χ4n) is 3.03. The van der Waals surface area contributed by atoms with Crippen molar-refractivity contribution in [2.75, 3.05) is 40.4 Å². The van der Waals surface area contributed by atoms with Gasteiger partial charge < -0.3 is 14.4 Å². The molecule has 0 atom stereocenters. The molecule has 0 spiro atoms. The van der Waals surface area contributed by atoms with Crippen molar-refractivity contribution in [3.63, 3.8) is 0 Å². The third kappa shape index (κ3) is 4.30. The van der Waals surface area contributed by atoms with E-state index in [9.17, 15) is 4.79 Å². The summed E-state index contributed by atoms with van der Waals surface area (Å²) in [5.74, 6) is 1.80. The predicted molar refractivity (Wildman–Crippen MR) is 93.6 cm³/mol. The van der Waals surface area contributed by atoms with Crippen LogP contribution < -0.4 is 9.47 Å². The summed E-state index contributed by atoms with van der Waals surface area (Å²) in [7, 11) is 3.34. The minimum atomic E-state index is 0.113. The van der Waals surface area contributed by atoms with Gasteiger partial charge in [0.05, 0.1) is 14.2 Å². The molecule has 7 heteroatoms. The summed E-state index contributed by atoms with van der Waals surface area (Å²) < 4.78 is 12.4. The maximum Gasteiger partial charge on any atom is 0.244 e. The van der Waals surface area contributed by atoms with Crippen LogP contribution in [0.2, 0.25) is 0 Å². The van der Waals surface area contributed by atoms with Crippen molar-refractivity contribution in [3.8, 4) is 11.5 Å². The zero-order valence-electron chi connectivity index (χ0n) is 14.7. The van der Waals surface area contributed by atoms with Crippen LogP contribution in [0.1, 0.15) is 5.56 Å². The molecule has 1 aliphatic heterocycles. The zero-order chi connectivity index (χ0) is 17.6. The van der Waals surface area contributed by atoms with Crippen molar-refractivity contribution >= 4 is 5.91 Å². The Kier molecular flexibility index (Phi) is 5.55. The zero-order valence-corrected chi connectivity index (χ0v) is 14.7. The molecule has 7 nitrogen and oxygen atoms in total. The lowest BCUT2D eigenvalue weighted by Gasteiger charge is -2.35. The van der Waals surface area contributed by atoms with Gasteiger partial charge in [0, 0.05) is 50.7 Å². The summed E-state index contributed by atoms with van der Waals surface area (Å²) in [5.41, 5.74) is 1.10. The molecular weight excluding hydrogens is 320 g/mol. The smallest absolute Gasteiger partial charge is 0.244 e. The Balaban J connectivity index is 1.55. The Morgan fingerprint density at radius 1 is 1.16 bits per heavy atom. The van der Waals surface area contributed by atoms with Crippen LogP contribution >= 0.6 is 0 Å². The standard InChI is InChI=1S/C18H24N4O3/c1-24-16-4-5-17(25-2)15(12-16)13-20-8-10-21(11-9-20)18(23)14-22-7-3-6-19-22/h3-7,12H,8-11,13-14H2,1-2H3. The van der Waals surface area contributed by atoms with Crippen molar-refractivity contribution in [2.24, 2.45) is 0 Å². The SMILES string of the molecule is COc1ccc(OC)c(CN2CCN(C(=O)Cn3cccn3)CC2)c1. The number of carbonyl (C=O) groups is 1. The van der Waals surface area contributed by atoms with Gasteiger partial charge >= 0.3 is 0 Å². The van der Waals surface area contributed by atoms with E-state index in [2.05, 4.69) is 10.00 Å². The number of benzene rings is 1. The second kappa shape index (κ2) is 8.02. The first-order chi connectivity index (χ1) is 12.2. The molecule has 1 aliphatic rings. The number of rotatable bonds is 6. The van der Waals surface area contributed by atoms with E-state index in [-0.39, 0.29) is 5.91 Å². The van der Waals surface area contributed by atoms with Gasteiger partial charge in [-0.25, -0.2) is 0 Å². The third-order valence-electron chi connectivity index (χ3n) is 4.46. The largest absolute Gasteiger partial charge is 0.497 e. The molecule has 0 N–H and O–H groups in total. The van der Waals surface area contributed by atoms with Crippen LogP contribution in [0, 0.1) is 0 Å². The number of nitrogens with zero attached hydrogens (tertiary/aromatic N) is 4. The number of hydrogen-bond donors (Lipinski definition) is 0. The number of methoxy groups -OCH3 is 2. The monoisotopic (exact) mass is 344 g/mol. The Hall–Kier alpha value is -2.54. The van der Waals surface area contributed by atoms with Crippen molar-refractivity contribution < 1.29 is 14.3 Å². The number of ether oxygens (including phenoxy) is 2. The third-order valence-corrected chi connectivity index (χ3v) is 4.46. The Morgan fingerprint density at radius 2 is 1.96 bits per heavy atom. The minimum Gasteiger partial charge on any atom is -0.497 e. The molecule has 0 aliphatic carbocycles. The molecule has 25 heavy (non-hydrogen) atoms. The molecular formula is C18H24N4O3. The average Bonchev–Trinajstić information content (AvgIpc) is 3.15. The summed E-state index contributed by atoms with van der Waals surface area (Å²) >= 11 is 0. The molecule has 0 saturated carbocycles. The lowest BCUT2D eigenvalue weighted by atomic mass is 10.1. The lowest BCUT2D eigenvalue weighted by molar-refractivity contribution is -0.133. The summed E-state index contributed by atoms with van der Waals surface area (Å²) in [5, 5.41) is 4.09. The van der Waals surface area contributed by atoms with Crippen LogP contribution in [0.3, 0.4) is 0 Å². The van der Waals surface area contributed by atoms with E-state index in [4.69, 9.17) is 9.47 Å². The summed E-state index contributed by atoms with van der Waals surface area (Å²) in [4.78, 5) is 16.6. The molecule has 1 fully saturated rings. The van der Waals surface area contributed by atoms with Gasteiger partial charge in [-0.1, -0.05) is 0 Å². The van der Waals surface area contributed by atoms with Crippen LogP contribution in [0.5, 0.6) is 11.5 Å². The second-order valence-corrected chi connectivity index (χ2v) is 6.04. The molecule has 0 unspecified atom stereocenters. The van der Waals surface area contributed by atoms with E-state index in [0.717, 1.165) is 49.8 Å². The van der Waals surface area contributed by atoms with E-state index in [1.54, 1.807) is 25.1 Å². The molecule has 0 bridgehead atoms. The van der Waals surface area contributed by atoms with Crippen molar-refractivity contribution in [1.29, 1.82) is 0 Å². The predicted octanol–water partition coefficient (Wildman–Crippen LogP) is 1.24. The van der Waals surface area contributed by atoms with Gasteiger partial charge in [0.1, 0.15) is 18.0 Å². The fourth-order valence-corrected chi connectivity index (χ4v) is 3.03. The first kappa shape index (κ1) is 17.3. The Bertz CT molecular complexity index is 694. The highest BCUT2D eigenvalue weighted by Crippen LogP contribution is 2.25. The summed E-state index contributed by atoms with van der Waals surface area (Å²) in [6.07, 6.45) is 3.50. The van der Waals surface area contributed by atoms with Gasteiger partial charge in [0.15, 0.2) is 0 Å². The number of aromatic nitrogens is 2. The number of amides is 1. The maximum absolute atomic E-state index is 12.3. The molecule has 1 aromatic heterocycles. The molecule has 1 saturated heterocycles. The first-order valence-corrected chi connectivity index (χ1v) is 8.38. The summed E-state index contributed by atoms with van der Waals surface area (Å²) in [6, 6.07) is 7.66. The van der Waals surface area contributed by atoms with Gasteiger partial charge in [-0.05, 0) is 24.3 Å².